The Morgan fingerprint density at radius 1 is 1.39 bits per heavy atom. The Labute approximate surface area is 143 Å². The lowest BCUT2D eigenvalue weighted by Crippen LogP contribution is -2.45. The maximum absolute atomic E-state index is 12.0. The molecular weight excluding hydrogens is 304 g/mol. The van der Waals surface area contributed by atoms with Gasteiger partial charge in [0.15, 0.2) is 8.32 Å². The number of ether oxygens (including phenoxy) is 1. The van der Waals surface area contributed by atoms with Gasteiger partial charge in [-0.2, -0.15) is 0 Å². The van der Waals surface area contributed by atoms with Crippen LogP contribution in [0.2, 0.25) is 18.1 Å². The van der Waals surface area contributed by atoms with Gasteiger partial charge >= 0.3 is 5.97 Å². The summed E-state index contributed by atoms with van der Waals surface area (Å²) in [5.74, 6) is -0.0432. The van der Waals surface area contributed by atoms with Gasteiger partial charge in [0, 0.05) is 5.92 Å². The molecule has 0 aromatic carbocycles. The van der Waals surface area contributed by atoms with Crippen molar-refractivity contribution in [1.29, 1.82) is 0 Å². The molecule has 0 spiro atoms. The highest BCUT2D eigenvalue weighted by atomic mass is 28.4. The van der Waals surface area contributed by atoms with Crippen LogP contribution in [0.25, 0.3) is 0 Å². The van der Waals surface area contributed by atoms with Gasteiger partial charge < -0.3 is 9.16 Å². The monoisotopic (exact) mass is 338 g/mol. The third-order valence-electron chi connectivity index (χ3n) is 5.03. The van der Waals surface area contributed by atoms with E-state index in [4.69, 9.17) is 9.16 Å². The normalized spacial score (nSPS) is 26.0. The van der Waals surface area contributed by atoms with E-state index in [1.807, 2.05) is 13.8 Å². The summed E-state index contributed by atoms with van der Waals surface area (Å²) in [5.41, 5.74) is 0.974. The van der Waals surface area contributed by atoms with Gasteiger partial charge in [0.25, 0.3) is 0 Å². The van der Waals surface area contributed by atoms with Gasteiger partial charge in [0.05, 0.1) is 12.0 Å². The van der Waals surface area contributed by atoms with Crippen molar-refractivity contribution in [3.63, 3.8) is 0 Å². The van der Waals surface area contributed by atoms with E-state index in [1.54, 1.807) is 6.08 Å². The first-order valence-corrected chi connectivity index (χ1v) is 11.5. The largest absolute Gasteiger partial charge is 0.457 e. The van der Waals surface area contributed by atoms with Crippen LogP contribution in [-0.2, 0) is 14.0 Å². The van der Waals surface area contributed by atoms with E-state index in [0.29, 0.717) is 0 Å². The molecule has 0 unspecified atom stereocenters. The summed E-state index contributed by atoms with van der Waals surface area (Å²) in [6.45, 7) is 21.0. The highest BCUT2D eigenvalue weighted by Gasteiger charge is 2.41. The van der Waals surface area contributed by atoms with E-state index >= 15 is 0 Å². The first-order valence-electron chi connectivity index (χ1n) is 8.61. The summed E-state index contributed by atoms with van der Waals surface area (Å²) >= 11 is 0. The second-order valence-electron chi connectivity index (χ2n) is 8.51. The molecule has 1 aliphatic rings. The highest BCUT2D eigenvalue weighted by Crippen LogP contribution is 2.40. The molecule has 0 saturated carbocycles. The zero-order valence-corrected chi connectivity index (χ0v) is 17.1. The second-order valence-corrected chi connectivity index (χ2v) is 13.3. The smallest absolute Gasteiger partial charge is 0.308 e. The number of carbonyl (C=O) groups excluding carboxylic acids is 1. The lowest BCUT2D eigenvalue weighted by molar-refractivity contribution is -0.153. The topological polar surface area (TPSA) is 35.5 Å². The fourth-order valence-corrected chi connectivity index (χ4v) is 3.74. The molecule has 3 atom stereocenters. The molecule has 0 aromatic heterocycles. The Bertz CT molecular complexity index is 471. The molecule has 0 N–H and O–H groups in total. The first kappa shape index (κ1) is 20.2. The van der Waals surface area contributed by atoms with Crippen LogP contribution >= 0.6 is 0 Å². The third kappa shape index (κ3) is 5.05. The predicted molar refractivity (Wildman–Crippen MR) is 98.8 cm³/mol. The summed E-state index contributed by atoms with van der Waals surface area (Å²) in [4.78, 5) is 12.0. The average Bonchev–Trinajstić information content (AvgIpc) is 2.39. The van der Waals surface area contributed by atoms with Crippen LogP contribution in [0.3, 0.4) is 0 Å². The Kier molecular flexibility index (Phi) is 6.44. The molecule has 132 valence electrons. The Morgan fingerprint density at radius 3 is 2.39 bits per heavy atom. The summed E-state index contributed by atoms with van der Waals surface area (Å²) < 4.78 is 12.2. The lowest BCUT2D eigenvalue weighted by atomic mass is 9.85. The number of rotatable bonds is 5. The molecule has 4 heteroatoms. The molecule has 23 heavy (non-hydrogen) atoms. The maximum atomic E-state index is 12.0. The van der Waals surface area contributed by atoms with Crippen LogP contribution in [0, 0.1) is 11.8 Å². The second kappa shape index (κ2) is 7.35. The minimum atomic E-state index is -1.82. The van der Waals surface area contributed by atoms with Gasteiger partial charge in [0.2, 0.25) is 0 Å². The van der Waals surface area contributed by atoms with Crippen LogP contribution in [-0.4, -0.2) is 26.5 Å². The van der Waals surface area contributed by atoms with Gasteiger partial charge in [-0.15, -0.1) is 0 Å². The fraction of sp³-hybridized carbons (Fsp3) is 0.737. The number of hydrogen-bond donors (Lipinski definition) is 0. The third-order valence-corrected chi connectivity index (χ3v) is 9.53. The molecule has 1 aliphatic carbocycles. The highest BCUT2D eigenvalue weighted by molar-refractivity contribution is 6.74. The van der Waals surface area contributed by atoms with Crippen LogP contribution in [0.1, 0.15) is 48.0 Å². The molecule has 1 rings (SSSR count). The predicted octanol–water partition coefficient (Wildman–Crippen LogP) is 5.10. The van der Waals surface area contributed by atoms with Crippen molar-refractivity contribution in [2.45, 2.75) is 78.3 Å². The summed E-state index contributed by atoms with van der Waals surface area (Å²) in [7, 11) is -1.82. The van der Waals surface area contributed by atoms with Gasteiger partial charge in [-0.25, -0.2) is 0 Å². The minimum absolute atomic E-state index is 0.0768. The van der Waals surface area contributed by atoms with Crippen molar-refractivity contribution in [2.24, 2.45) is 11.8 Å². The van der Waals surface area contributed by atoms with Crippen LogP contribution in [0.15, 0.2) is 24.3 Å². The van der Waals surface area contributed by atoms with Crippen molar-refractivity contribution in [3.8, 4) is 0 Å². The molecule has 0 aromatic rings. The molecule has 0 heterocycles. The SMILES string of the molecule is C=CC1=C[C@@H](O[Si](C)(C)C(C)(C)C)C[C@@H](C)[C@@H]1OC(=O)C(C)C. The standard InChI is InChI=1S/C19H34O3Si/c1-10-15-12-16(22-23(8,9)19(5,6)7)11-14(4)17(15)21-18(20)13(2)3/h10,12-14,16-17H,1,11H2,2-9H3/t14-,16+,17+/m1/s1. The Balaban J connectivity index is 2.94. The minimum Gasteiger partial charge on any atom is -0.457 e. The number of esters is 1. The van der Waals surface area contributed by atoms with Crippen molar-refractivity contribution in [1.82, 2.24) is 0 Å². The van der Waals surface area contributed by atoms with Gasteiger partial charge in [-0.3, -0.25) is 4.79 Å². The van der Waals surface area contributed by atoms with Crippen LogP contribution in [0.5, 0.6) is 0 Å². The average molecular weight is 339 g/mol. The van der Waals surface area contributed by atoms with Crippen molar-refractivity contribution < 1.29 is 14.0 Å². The Morgan fingerprint density at radius 2 is 1.96 bits per heavy atom. The lowest BCUT2D eigenvalue weighted by Gasteiger charge is -2.41. The molecular formula is C19H34O3Si. The summed E-state index contributed by atoms with van der Waals surface area (Å²) in [5, 5.41) is 0.180. The molecule has 3 nitrogen and oxygen atoms in total. The molecule has 0 fully saturated rings. The molecule has 0 bridgehead atoms. The van der Waals surface area contributed by atoms with E-state index in [-0.39, 0.29) is 35.1 Å². The van der Waals surface area contributed by atoms with Crippen LogP contribution < -0.4 is 0 Å². The summed E-state index contributed by atoms with van der Waals surface area (Å²) in [6.07, 6.45) is 4.65. The molecule has 0 radical (unpaired) electrons. The number of carbonyl (C=O) groups is 1. The zero-order valence-electron chi connectivity index (χ0n) is 16.1. The van der Waals surface area contributed by atoms with Crippen molar-refractivity contribution in [3.05, 3.63) is 24.3 Å². The van der Waals surface area contributed by atoms with Gasteiger partial charge in [-0.1, -0.05) is 60.3 Å². The zero-order chi connectivity index (χ0) is 18.0. The Hall–Kier alpha value is -0.873. The molecule has 0 saturated heterocycles. The molecule has 0 aliphatic heterocycles. The van der Waals surface area contributed by atoms with Crippen LogP contribution in [0.4, 0.5) is 0 Å². The van der Waals surface area contributed by atoms with Gasteiger partial charge in [0.1, 0.15) is 6.10 Å². The maximum Gasteiger partial charge on any atom is 0.308 e. The fourth-order valence-electron chi connectivity index (χ4n) is 2.46. The van der Waals surface area contributed by atoms with E-state index in [9.17, 15) is 4.79 Å². The summed E-state index contributed by atoms with van der Waals surface area (Å²) in [6, 6.07) is 0. The number of hydrogen-bond acceptors (Lipinski definition) is 3. The molecule has 0 amide bonds. The van der Waals surface area contributed by atoms with E-state index < -0.39 is 8.32 Å². The van der Waals surface area contributed by atoms with Crippen molar-refractivity contribution in [2.75, 3.05) is 0 Å². The van der Waals surface area contributed by atoms with E-state index in [0.717, 1.165) is 12.0 Å². The van der Waals surface area contributed by atoms with E-state index in [1.165, 1.54) is 0 Å². The first-order chi connectivity index (χ1) is 10.4. The van der Waals surface area contributed by atoms with E-state index in [2.05, 4.69) is 53.4 Å². The quantitative estimate of drug-likeness (QED) is 0.517. The van der Waals surface area contributed by atoms with Gasteiger partial charge in [-0.05, 0) is 30.1 Å². The van der Waals surface area contributed by atoms with Crippen molar-refractivity contribution >= 4 is 14.3 Å².